The molecule has 110 valence electrons. The number of rotatable bonds is 9. The van der Waals surface area contributed by atoms with Crippen molar-refractivity contribution in [2.24, 2.45) is 0 Å². The van der Waals surface area contributed by atoms with Crippen LogP contribution in [-0.4, -0.2) is 48.2 Å². The van der Waals surface area contributed by atoms with Gasteiger partial charge in [0.05, 0.1) is 6.42 Å². The lowest BCUT2D eigenvalue weighted by atomic mass is 10.1. The second-order valence-electron chi connectivity index (χ2n) is 4.85. The predicted octanol–water partition coefficient (Wildman–Crippen LogP) is 2.78. The quantitative estimate of drug-likeness (QED) is 0.431. The van der Waals surface area contributed by atoms with E-state index in [1.807, 2.05) is 12.1 Å². The van der Waals surface area contributed by atoms with E-state index in [2.05, 4.69) is 19.0 Å². The van der Waals surface area contributed by atoms with Gasteiger partial charge in [0, 0.05) is 16.9 Å². The number of benzene rings is 1. The second-order valence-corrected chi connectivity index (χ2v) is 6.01. The van der Waals surface area contributed by atoms with E-state index in [9.17, 15) is 9.59 Å². The molecule has 0 spiro atoms. The van der Waals surface area contributed by atoms with Crippen LogP contribution in [-0.2, 0) is 4.79 Å². The third-order valence-electron chi connectivity index (χ3n) is 2.76. The minimum atomic E-state index is -0.939. The Hall–Kier alpha value is -1.33. The van der Waals surface area contributed by atoms with Crippen molar-refractivity contribution in [3.05, 3.63) is 29.8 Å². The molecule has 0 atom stereocenters. The first-order chi connectivity index (χ1) is 9.49. The van der Waals surface area contributed by atoms with E-state index in [1.54, 1.807) is 23.9 Å². The smallest absolute Gasteiger partial charge is 0.303 e. The van der Waals surface area contributed by atoms with Gasteiger partial charge in [0.25, 0.3) is 0 Å². The van der Waals surface area contributed by atoms with Crippen LogP contribution >= 0.6 is 11.8 Å². The van der Waals surface area contributed by atoms with E-state index < -0.39 is 5.97 Å². The standard InChI is InChI=1S/C15H21NO3S/c1-16(2)10-3-11-20-13-6-4-12(5-7-13)14(17)8-9-15(18)19/h4-7H,3,8-11H2,1-2H3,(H,18,19). The number of aliphatic carboxylic acids is 1. The molecule has 5 heteroatoms. The molecular weight excluding hydrogens is 274 g/mol. The molecule has 1 aromatic carbocycles. The number of nitrogens with zero attached hydrogens (tertiary/aromatic N) is 1. The first kappa shape index (κ1) is 16.7. The molecule has 0 radical (unpaired) electrons. The van der Waals surface area contributed by atoms with Crippen LogP contribution < -0.4 is 0 Å². The molecule has 0 bridgehead atoms. The summed E-state index contributed by atoms with van der Waals surface area (Å²) in [6.07, 6.45) is 1.07. The van der Waals surface area contributed by atoms with Gasteiger partial charge in [0.1, 0.15) is 0 Å². The fourth-order valence-electron chi connectivity index (χ4n) is 1.67. The van der Waals surface area contributed by atoms with E-state index in [0.29, 0.717) is 5.56 Å². The van der Waals surface area contributed by atoms with Crippen LogP contribution in [0.25, 0.3) is 0 Å². The van der Waals surface area contributed by atoms with Crippen molar-refractivity contribution in [2.45, 2.75) is 24.2 Å². The summed E-state index contributed by atoms with van der Waals surface area (Å²) in [6, 6.07) is 7.40. The molecule has 0 amide bonds. The number of Topliss-reactive ketones (excluding diaryl/α,β-unsaturated/α-hetero) is 1. The number of hydrogen-bond donors (Lipinski definition) is 1. The van der Waals surface area contributed by atoms with Crippen molar-refractivity contribution < 1.29 is 14.7 Å². The molecule has 20 heavy (non-hydrogen) atoms. The summed E-state index contributed by atoms with van der Waals surface area (Å²) in [5.74, 6) is -0.00668. The number of thioether (sulfide) groups is 1. The average molecular weight is 295 g/mol. The molecule has 4 nitrogen and oxygen atoms in total. The van der Waals surface area contributed by atoms with Crippen LogP contribution in [0.5, 0.6) is 0 Å². The Labute approximate surface area is 124 Å². The molecule has 1 rings (SSSR count). The highest BCUT2D eigenvalue weighted by molar-refractivity contribution is 7.99. The van der Waals surface area contributed by atoms with Crippen molar-refractivity contribution >= 4 is 23.5 Å². The van der Waals surface area contributed by atoms with Gasteiger partial charge in [-0.15, -0.1) is 11.8 Å². The van der Waals surface area contributed by atoms with Gasteiger partial charge in [-0.3, -0.25) is 9.59 Å². The summed E-state index contributed by atoms with van der Waals surface area (Å²) in [4.78, 5) is 25.4. The van der Waals surface area contributed by atoms with Gasteiger partial charge in [0.2, 0.25) is 0 Å². The van der Waals surface area contributed by atoms with Crippen molar-refractivity contribution in [2.75, 3.05) is 26.4 Å². The first-order valence-electron chi connectivity index (χ1n) is 6.61. The molecule has 1 aromatic rings. The Morgan fingerprint density at radius 2 is 1.80 bits per heavy atom. The summed E-state index contributed by atoms with van der Waals surface area (Å²) in [6.45, 7) is 1.07. The molecule has 0 aliphatic carbocycles. The van der Waals surface area contributed by atoms with Gasteiger partial charge in [-0.1, -0.05) is 12.1 Å². The predicted molar refractivity (Wildman–Crippen MR) is 81.5 cm³/mol. The lowest BCUT2D eigenvalue weighted by molar-refractivity contribution is -0.136. The maximum absolute atomic E-state index is 11.7. The fourth-order valence-corrected chi connectivity index (χ4v) is 2.51. The Balaban J connectivity index is 2.39. The largest absolute Gasteiger partial charge is 0.481 e. The van der Waals surface area contributed by atoms with Crippen molar-refractivity contribution in [1.82, 2.24) is 4.90 Å². The fraction of sp³-hybridized carbons (Fsp3) is 0.467. The SMILES string of the molecule is CN(C)CCCSc1ccc(C(=O)CCC(=O)O)cc1. The monoisotopic (exact) mass is 295 g/mol. The maximum atomic E-state index is 11.7. The Bertz CT molecular complexity index is 443. The molecule has 0 fully saturated rings. The summed E-state index contributed by atoms with van der Waals surface area (Å²) in [7, 11) is 4.12. The van der Waals surface area contributed by atoms with Gasteiger partial charge in [-0.2, -0.15) is 0 Å². The van der Waals surface area contributed by atoms with Gasteiger partial charge in [0.15, 0.2) is 5.78 Å². The molecule has 0 unspecified atom stereocenters. The molecule has 0 saturated carbocycles. The molecule has 0 aromatic heterocycles. The third-order valence-corrected chi connectivity index (χ3v) is 3.86. The summed E-state index contributed by atoms with van der Waals surface area (Å²) in [5.41, 5.74) is 0.587. The van der Waals surface area contributed by atoms with E-state index in [1.165, 1.54) is 0 Å². The number of carboxylic acids is 1. The topological polar surface area (TPSA) is 57.6 Å². The summed E-state index contributed by atoms with van der Waals surface area (Å²) >= 11 is 1.77. The van der Waals surface area contributed by atoms with Crippen molar-refractivity contribution in [3.63, 3.8) is 0 Å². The Morgan fingerprint density at radius 1 is 1.15 bits per heavy atom. The minimum Gasteiger partial charge on any atom is -0.481 e. The molecule has 1 N–H and O–H groups in total. The molecule has 0 aliphatic heterocycles. The second kappa shape index (κ2) is 8.76. The highest BCUT2D eigenvalue weighted by atomic mass is 32.2. The zero-order chi connectivity index (χ0) is 15.0. The van der Waals surface area contributed by atoms with Gasteiger partial charge >= 0.3 is 5.97 Å². The normalized spacial score (nSPS) is 10.8. The Morgan fingerprint density at radius 3 is 2.35 bits per heavy atom. The first-order valence-corrected chi connectivity index (χ1v) is 7.60. The van der Waals surface area contributed by atoms with E-state index in [4.69, 9.17) is 5.11 Å². The van der Waals surface area contributed by atoms with Gasteiger partial charge < -0.3 is 10.0 Å². The number of carboxylic acid groups (broad SMARTS) is 1. The van der Waals surface area contributed by atoms with Crippen LogP contribution in [0.4, 0.5) is 0 Å². The van der Waals surface area contributed by atoms with Crippen LogP contribution in [0.3, 0.4) is 0 Å². The summed E-state index contributed by atoms with van der Waals surface area (Å²) < 4.78 is 0. The van der Waals surface area contributed by atoms with Crippen molar-refractivity contribution in [1.29, 1.82) is 0 Å². The van der Waals surface area contributed by atoms with Crippen LogP contribution in [0.15, 0.2) is 29.2 Å². The lowest BCUT2D eigenvalue weighted by Crippen LogP contribution is -2.13. The molecule has 0 aliphatic rings. The van der Waals surface area contributed by atoms with Crippen molar-refractivity contribution in [3.8, 4) is 0 Å². The number of ketones is 1. The zero-order valence-corrected chi connectivity index (χ0v) is 12.8. The third kappa shape index (κ3) is 6.73. The molecular formula is C15H21NO3S. The molecule has 0 heterocycles. The van der Waals surface area contributed by atoms with Gasteiger partial charge in [-0.05, 0) is 44.9 Å². The minimum absolute atomic E-state index is 0.0602. The number of carbonyl (C=O) groups is 2. The average Bonchev–Trinajstić information content (AvgIpc) is 2.41. The highest BCUT2D eigenvalue weighted by Crippen LogP contribution is 2.20. The van der Waals surface area contributed by atoms with E-state index in [0.717, 1.165) is 23.6 Å². The van der Waals surface area contributed by atoms with E-state index in [-0.39, 0.29) is 18.6 Å². The van der Waals surface area contributed by atoms with Crippen LogP contribution in [0, 0.1) is 0 Å². The number of carbonyl (C=O) groups excluding carboxylic acids is 1. The summed E-state index contributed by atoms with van der Waals surface area (Å²) in [5, 5.41) is 8.55. The lowest BCUT2D eigenvalue weighted by Gasteiger charge is -2.08. The Kier molecular flexibility index (Phi) is 7.33. The van der Waals surface area contributed by atoms with Crippen LogP contribution in [0.2, 0.25) is 0 Å². The zero-order valence-electron chi connectivity index (χ0n) is 12.0. The molecule has 0 saturated heterocycles. The van der Waals surface area contributed by atoms with Gasteiger partial charge in [-0.25, -0.2) is 0 Å². The van der Waals surface area contributed by atoms with E-state index >= 15 is 0 Å². The maximum Gasteiger partial charge on any atom is 0.303 e. The highest BCUT2D eigenvalue weighted by Gasteiger charge is 2.08. The van der Waals surface area contributed by atoms with Crippen LogP contribution in [0.1, 0.15) is 29.6 Å². The number of hydrogen-bond acceptors (Lipinski definition) is 4.